The lowest BCUT2D eigenvalue weighted by Gasteiger charge is -2.14. The average Bonchev–Trinajstić information content (AvgIpc) is 2.59. The van der Waals surface area contributed by atoms with Crippen LogP contribution in [-0.4, -0.2) is 27.9 Å². The zero-order chi connectivity index (χ0) is 18.2. The highest BCUT2D eigenvalue weighted by atomic mass is 16.6. The van der Waals surface area contributed by atoms with E-state index in [4.69, 9.17) is 0 Å². The van der Waals surface area contributed by atoms with Crippen LogP contribution >= 0.6 is 0 Å². The molecule has 3 N–H and O–H groups in total. The number of hydrogen-bond donors (Lipinski definition) is 3. The molecule has 1 unspecified atom stereocenters. The van der Waals surface area contributed by atoms with Gasteiger partial charge in [-0.2, -0.15) is 0 Å². The highest BCUT2D eigenvalue weighted by molar-refractivity contribution is 5.94. The van der Waals surface area contributed by atoms with Crippen LogP contribution in [0.1, 0.15) is 12.0 Å². The number of nitrogens with zero attached hydrogens (tertiary/aromatic N) is 1. The largest absolute Gasteiger partial charge is 0.480 e. The van der Waals surface area contributed by atoms with Crippen molar-refractivity contribution in [3.05, 3.63) is 70.3 Å². The van der Waals surface area contributed by atoms with E-state index in [0.29, 0.717) is 6.54 Å². The van der Waals surface area contributed by atoms with Crippen LogP contribution in [0.5, 0.6) is 0 Å². The lowest BCUT2D eigenvalue weighted by molar-refractivity contribution is -0.384. The summed E-state index contributed by atoms with van der Waals surface area (Å²) in [5, 5.41) is 25.3. The van der Waals surface area contributed by atoms with Crippen LogP contribution in [0.15, 0.2) is 54.6 Å². The fourth-order valence-electron chi connectivity index (χ4n) is 2.18. The van der Waals surface area contributed by atoms with Gasteiger partial charge in [-0.15, -0.1) is 0 Å². The Morgan fingerprint density at radius 1 is 1.12 bits per heavy atom. The minimum Gasteiger partial charge on any atom is -0.480 e. The summed E-state index contributed by atoms with van der Waals surface area (Å²) in [5.41, 5.74) is 0.981. The Morgan fingerprint density at radius 3 is 2.48 bits per heavy atom. The van der Waals surface area contributed by atoms with E-state index in [2.05, 4.69) is 10.6 Å². The molecule has 0 aliphatic heterocycles. The van der Waals surface area contributed by atoms with Crippen LogP contribution in [0.3, 0.4) is 0 Å². The summed E-state index contributed by atoms with van der Waals surface area (Å²) >= 11 is 0. The van der Waals surface area contributed by atoms with E-state index in [9.17, 15) is 24.8 Å². The summed E-state index contributed by atoms with van der Waals surface area (Å²) in [6.45, 7) is 0.307. The van der Waals surface area contributed by atoms with Gasteiger partial charge in [0, 0.05) is 24.4 Å². The van der Waals surface area contributed by atoms with Crippen molar-refractivity contribution >= 4 is 23.3 Å². The van der Waals surface area contributed by atoms with E-state index in [-0.39, 0.29) is 17.8 Å². The number of amides is 1. The second kappa shape index (κ2) is 8.55. The third kappa shape index (κ3) is 5.70. The predicted molar refractivity (Wildman–Crippen MR) is 91.0 cm³/mol. The molecular formula is C17H17N3O5. The molecule has 1 atom stereocenters. The van der Waals surface area contributed by atoms with Crippen LogP contribution < -0.4 is 10.6 Å². The van der Waals surface area contributed by atoms with Crippen molar-refractivity contribution in [2.24, 2.45) is 0 Å². The first kappa shape index (κ1) is 18.1. The number of nitro groups is 1. The molecule has 2 aromatic rings. The second-order valence-corrected chi connectivity index (χ2v) is 5.32. The molecule has 8 nitrogen and oxygen atoms in total. The van der Waals surface area contributed by atoms with Gasteiger partial charge in [-0.1, -0.05) is 36.4 Å². The van der Waals surface area contributed by atoms with Crippen LogP contribution in [0.25, 0.3) is 0 Å². The van der Waals surface area contributed by atoms with Gasteiger partial charge >= 0.3 is 5.97 Å². The summed E-state index contributed by atoms with van der Waals surface area (Å²) in [5.74, 6) is -1.70. The molecule has 0 radical (unpaired) electrons. The number of carbonyl (C=O) groups is 2. The number of nitro benzene ring substituents is 1. The van der Waals surface area contributed by atoms with Crippen molar-refractivity contribution in [2.45, 2.75) is 19.0 Å². The lowest BCUT2D eigenvalue weighted by atomic mass is 10.1. The number of carboxylic acid groups (broad SMARTS) is 1. The number of non-ortho nitro benzene ring substituents is 1. The number of rotatable bonds is 8. The molecule has 1 amide bonds. The SMILES string of the molecule is O=C(CC(NCc1ccccc1)C(=O)O)Nc1cccc([N+](=O)[O-])c1. The second-order valence-electron chi connectivity index (χ2n) is 5.32. The number of carboxylic acids is 1. The zero-order valence-corrected chi connectivity index (χ0v) is 13.2. The highest BCUT2D eigenvalue weighted by Crippen LogP contribution is 2.17. The van der Waals surface area contributed by atoms with Crippen molar-refractivity contribution in [3.63, 3.8) is 0 Å². The third-order valence-electron chi connectivity index (χ3n) is 3.42. The average molecular weight is 343 g/mol. The first-order valence-electron chi connectivity index (χ1n) is 7.50. The minimum atomic E-state index is -1.15. The number of hydrogen-bond acceptors (Lipinski definition) is 5. The van der Waals surface area contributed by atoms with E-state index in [1.807, 2.05) is 30.3 Å². The summed E-state index contributed by atoms with van der Waals surface area (Å²) < 4.78 is 0. The Labute approximate surface area is 143 Å². The molecule has 0 saturated carbocycles. The van der Waals surface area contributed by atoms with Gasteiger partial charge < -0.3 is 10.4 Å². The van der Waals surface area contributed by atoms with Gasteiger partial charge in [-0.05, 0) is 11.6 Å². The van der Waals surface area contributed by atoms with Gasteiger partial charge in [-0.3, -0.25) is 25.0 Å². The molecule has 0 fully saturated rings. The Morgan fingerprint density at radius 2 is 1.84 bits per heavy atom. The fourth-order valence-corrected chi connectivity index (χ4v) is 2.18. The molecule has 130 valence electrons. The molecule has 0 aliphatic rings. The first-order chi connectivity index (χ1) is 12.0. The molecule has 0 aliphatic carbocycles. The molecule has 8 heteroatoms. The predicted octanol–water partition coefficient (Wildman–Crippen LogP) is 2.17. The Balaban J connectivity index is 1.94. The smallest absolute Gasteiger partial charge is 0.321 e. The maximum Gasteiger partial charge on any atom is 0.321 e. The van der Waals surface area contributed by atoms with Crippen molar-refractivity contribution in [1.82, 2.24) is 5.32 Å². The number of carbonyl (C=O) groups excluding carboxylic acids is 1. The van der Waals surface area contributed by atoms with E-state index in [1.54, 1.807) is 0 Å². The summed E-state index contributed by atoms with van der Waals surface area (Å²) in [6, 6.07) is 13.6. The van der Waals surface area contributed by atoms with Gasteiger partial charge in [0.1, 0.15) is 6.04 Å². The molecule has 0 bridgehead atoms. The van der Waals surface area contributed by atoms with Crippen LogP contribution in [0.4, 0.5) is 11.4 Å². The number of aliphatic carboxylic acids is 1. The van der Waals surface area contributed by atoms with Gasteiger partial charge in [0.15, 0.2) is 0 Å². The van der Waals surface area contributed by atoms with Crippen LogP contribution in [0, 0.1) is 10.1 Å². The number of nitrogens with one attached hydrogen (secondary N) is 2. The normalized spacial score (nSPS) is 11.5. The highest BCUT2D eigenvalue weighted by Gasteiger charge is 2.21. The Hall–Kier alpha value is -3.26. The molecule has 25 heavy (non-hydrogen) atoms. The van der Waals surface area contributed by atoms with Crippen molar-refractivity contribution in [1.29, 1.82) is 0 Å². The van der Waals surface area contributed by atoms with Crippen molar-refractivity contribution in [2.75, 3.05) is 5.32 Å². The monoisotopic (exact) mass is 343 g/mol. The zero-order valence-electron chi connectivity index (χ0n) is 13.2. The van der Waals surface area contributed by atoms with E-state index in [1.165, 1.54) is 24.3 Å². The van der Waals surface area contributed by atoms with Gasteiger partial charge in [0.2, 0.25) is 5.91 Å². The fraction of sp³-hybridized carbons (Fsp3) is 0.176. The van der Waals surface area contributed by atoms with Crippen LogP contribution in [-0.2, 0) is 16.1 Å². The van der Waals surface area contributed by atoms with Gasteiger partial charge in [-0.25, -0.2) is 0 Å². The Kier molecular flexibility index (Phi) is 6.19. The lowest BCUT2D eigenvalue weighted by Crippen LogP contribution is -2.39. The molecule has 2 rings (SSSR count). The Bertz CT molecular complexity index is 764. The quantitative estimate of drug-likeness (QED) is 0.499. The standard InChI is InChI=1S/C17H17N3O5/c21-16(19-13-7-4-8-14(9-13)20(24)25)10-15(17(22)23)18-11-12-5-2-1-3-6-12/h1-9,15,18H,10-11H2,(H,19,21)(H,22,23). The molecule has 0 aromatic heterocycles. The molecule has 2 aromatic carbocycles. The third-order valence-corrected chi connectivity index (χ3v) is 3.42. The van der Waals surface area contributed by atoms with Gasteiger partial charge in [0.05, 0.1) is 11.3 Å². The summed E-state index contributed by atoms with van der Waals surface area (Å²) in [7, 11) is 0. The molecular weight excluding hydrogens is 326 g/mol. The maximum absolute atomic E-state index is 12.0. The van der Waals surface area contributed by atoms with Gasteiger partial charge in [0.25, 0.3) is 5.69 Å². The molecule has 0 saturated heterocycles. The molecule has 0 spiro atoms. The summed E-state index contributed by atoms with van der Waals surface area (Å²) in [6.07, 6.45) is -0.301. The molecule has 0 heterocycles. The van der Waals surface area contributed by atoms with Crippen molar-refractivity contribution < 1.29 is 19.6 Å². The minimum absolute atomic E-state index is 0.158. The van der Waals surface area contributed by atoms with Crippen molar-refractivity contribution in [3.8, 4) is 0 Å². The number of anilines is 1. The first-order valence-corrected chi connectivity index (χ1v) is 7.50. The van der Waals surface area contributed by atoms with Crippen LogP contribution in [0.2, 0.25) is 0 Å². The number of benzene rings is 2. The van der Waals surface area contributed by atoms with E-state index < -0.39 is 22.8 Å². The summed E-state index contributed by atoms with van der Waals surface area (Å²) in [4.78, 5) is 33.5. The van der Waals surface area contributed by atoms with E-state index in [0.717, 1.165) is 5.56 Å². The van der Waals surface area contributed by atoms with E-state index >= 15 is 0 Å². The topological polar surface area (TPSA) is 122 Å². The maximum atomic E-state index is 12.0.